The summed E-state index contributed by atoms with van der Waals surface area (Å²) in [6.07, 6.45) is 0. The van der Waals surface area contributed by atoms with Crippen molar-refractivity contribution in [2.75, 3.05) is 0 Å². The van der Waals surface area contributed by atoms with E-state index in [4.69, 9.17) is 4.98 Å². The summed E-state index contributed by atoms with van der Waals surface area (Å²) in [5.41, 5.74) is 18.5. The summed E-state index contributed by atoms with van der Waals surface area (Å²) < 4.78 is 4.81. The van der Waals surface area contributed by atoms with Crippen molar-refractivity contribution in [3.8, 4) is 33.6 Å². The number of hydrogen-bond donors (Lipinski definition) is 0. The van der Waals surface area contributed by atoms with Gasteiger partial charge in [0.2, 0.25) is 0 Å². The Morgan fingerprint density at radius 2 is 0.880 bits per heavy atom. The van der Waals surface area contributed by atoms with Crippen LogP contribution in [0.5, 0.6) is 0 Å². The van der Waals surface area contributed by atoms with Crippen LogP contribution < -0.4 is 0 Å². The zero-order valence-electron chi connectivity index (χ0n) is 28.6. The van der Waals surface area contributed by atoms with E-state index in [-0.39, 0.29) is 10.8 Å². The molecule has 3 heterocycles. The first-order chi connectivity index (χ1) is 24.3. The average Bonchev–Trinajstić information content (AvgIpc) is 3.79. The van der Waals surface area contributed by atoms with Crippen molar-refractivity contribution in [2.45, 2.75) is 38.5 Å². The fraction of sp³-hybridized carbons (Fsp3) is 0.128. The van der Waals surface area contributed by atoms with Gasteiger partial charge in [-0.2, -0.15) is 0 Å². The second kappa shape index (κ2) is 9.40. The van der Waals surface area contributed by atoms with Gasteiger partial charge in [0.1, 0.15) is 5.65 Å². The summed E-state index contributed by atoms with van der Waals surface area (Å²) in [6, 6.07) is 51.7. The topological polar surface area (TPSA) is 22.8 Å². The van der Waals surface area contributed by atoms with Gasteiger partial charge >= 0.3 is 0 Å². The van der Waals surface area contributed by atoms with Crippen LogP contribution >= 0.6 is 0 Å². The average molecular weight is 642 g/mol. The molecule has 0 N–H and O–H groups in total. The molecule has 2 aliphatic carbocycles. The second-order valence-corrected chi connectivity index (χ2v) is 15.2. The summed E-state index contributed by atoms with van der Waals surface area (Å²) in [5, 5.41) is 3.53. The number of rotatable bonds is 2. The molecule has 0 spiro atoms. The first kappa shape index (κ1) is 28.0. The van der Waals surface area contributed by atoms with E-state index in [0.29, 0.717) is 0 Å². The normalized spacial score (nSPS) is 15.1. The lowest BCUT2D eigenvalue weighted by molar-refractivity contribution is 0.660. The Balaban J connectivity index is 1.18. The molecule has 0 bridgehead atoms. The minimum Gasteiger partial charge on any atom is -0.308 e. The molecule has 0 amide bonds. The van der Waals surface area contributed by atoms with Crippen molar-refractivity contribution in [3.63, 3.8) is 0 Å². The molecule has 0 saturated heterocycles. The highest BCUT2D eigenvalue weighted by Crippen LogP contribution is 2.51. The van der Waals surface area contributed by atoms with E-state index in [9.17, 15) is 0 Å². The fourth-order valence-corrected chi connectivity index (χ4v) is 9.44. The first-order valence-electron chi connectivity index (χ1n) is 17.7. The Labute approximate surface area is 291 Å². The van der Waals surface area contributed by atoms with Crippen molar-refractivity contribution in [2.24, 2.45) is 0 Å². The van der Waals surface area contributed by atoms with E-state index in [1.165, 1.54) is 66.6 Å². The van der Waals surface area contributed by atoms with Crippen LogP contribution in [-0.2, 0) is 10.8 Å². The van der Waals surface area contributed by atoms with Gasteiger partial charge in [0, 0.05) is 38.4 Å². The molecule has 0 aliphatic heterocycles. The lowest BCUT2D eigenvalue weighted by Gasteiger charge is -2.22. The van der Waals surface area contributed by atoms with Crippen LogP contribution in [0.25, 0.3) is 77.5 Å². The summed E-state index contributed by atoms with van der Waals surface area (Å²) >= 11 is 0. The quantitative estimate of drug-likeness (QED) is 0.184. The summed E-state index contributed by atoms with van der Waals surface area (Å²) in [4.78, 5) is 5.61. The molecule has 3 heteroatoms. The Hall–Kier alpha value is -5.93. The van der Waals surface area contributed by atoms with Crippen molar-refractivity contribution in [1.82, 2.24) is 14.1 Å². The van der Waals surface area contributed by atoms with Gasteiger partial charge in [0.05, 0.1) is 22.1 Å². The Kier molecular flexibility index (Phi) is 5.25. The predicted octanol–water partition coefficient (Wildman–Crippen LogP) is 11.9. The van der Waals surface area contributed by atoms with E-state index >= 15 is 0 Å². The van der Waals surface area contributed by atoms with Gasteiger partial charge in [-0.05, 0) is 87.0 Å². The molecule has 0 saturated carbocycles. The van der Waals surface area contributed by atoms with Gasteiger partial charge in [0.25, 0.3) is 0 Å². The van der Waals surface area contributed by atoms with Crippen LogP contribution in [-0.4, -0.2) is 14.1 Å². The van der Waals surface area contributed by atoms with Gasteiger partial charge in [-0.3, -0.25) is 4.57 Å². The molecular weight excluding hydrogens is 607 g/mol. The van der Waals surface area contributed by atoms with Crippen LogP contribution in [0.1, 0.15) is 49.9 Å². The maximum atomic E-state index is 5.61. The summed E-state index contributed by atoms with van der Waals surface area (Å²) in [7, 11) is 0. The Bertz CT molecular complexity index is 2730. The first-order valence-corrected chi connectivity index (χ1v) is 17.7. The number of pyridine rings is 1. The van der Waals surface area contributed by atoms with Crippen molar-refractivity contribution >= 4 is 43.9 Å². The molecule has 50 heavy (non-hydrogen) atoms. The lowest BCUT2D eigenvalue weighted by Crippen LogP contribution is -2.15. The number of nitrogens with zero attached hydrogens (tertiary/aromatic N) is 3. The van der Waals surface area contributed by atoms with Gasteiger partial charge in [0.15, 0.2) is 0 Å². The fourth-order valence-electron chi connectivity index (χ4n) is 9.44. The molecule has 0 fully saturated rings. The third-order valence-electron chi connectivity index (χ3n) is 11.9. The van der Waals surface area contributed by atoms with E-state index in [1.807, 2.05) is 0 Å². The summed E-state index contributed by atoms with van der Waals surface area (Å²) in [5.74, 6) is 0. The van der Waals surface area contributed by atoms with Gasteiger partial charge in [-0.15, -0.1) is 0 Å². The van der Waals surface area contributed by atoms with Crippen molar-refractivity contribution in [3.05, 3.63) is 162 Å². The molecule has 3 nitrogen and oxygen atoms in total. The molecule has 0 atom stereocenters. The number of para-hydroxylation sites is 2. The SMILES string of the molecule is CC1(C)c2ccccc2-c2ccc(-n3c4ccccc4c4nc5c(cc43)c3ccccc3n5-c3ccc4c(c3)C(C)(C)c3ccccc3-4)cc21. The van der Waals surface area contributed by atoms with Crippen LogP contribution in [0.3, 0.4) is 0 Å². The van der Waals surface area contributed by atoms with Crippen molar-refractivity contribution in [1.29, 1.82) is 0 Å². The standard InChI is InChI=1S/C47H35N3/c1-46(2)37-17-9-5-13-30(37)32-23-21-28(25-39(32)46)49-42-20-12-8-16-35(42)44-43(49)27-36-34-15-7-11-19-41(34)50(45(36)48-44)29-22-24-33-31-14-6-10-18-38(31)47(3,4)40(33)26-29/h5-27H,1-4H3. The van der Waals surface area contributed by atoms with E-state index in [0.717, 1.165) is 33.1 Å². The smallest absolute Gasteiger partial charge is 0.146 e. The van der Waals surface area contributed by atoms with Crippen LogP contribution in [0.15, 0.2) is 140 Å². The molecule has 9 aromatic rings. The lowest BCUT2D eigenvalue weighted by atomic mass is 9.82. The number of fused-ring (bicyclic) bond motifs is 12. The van der Waals surface area contributed by atoms with E-state index in [2.05, 4.69) is 176 Å². The molecular formula is C47H35N3. The molecule has 2 aliphatic rings. The zero-order chi connectivity index (χ0) is 33.5. The second-order valence-electron chi connectivity index (χ2n) is 15.2. The zero-order valence-corrected chi connectivity index (χ0v) is 28.6. The maximum Gasteiger partial charge on any atom is 0.146 e. The third kappa shape index (κ3) is 3.42. The largest absolute Gasteiger partial charge is 0.308 e. The highest BCUT2D eigenvalue weighted by Gasteiger charge is 2.37. The number of hydrogen-bond acceptors (Lipinski definition) is 1. The van der Waals surface area contributed by atoms with Crippen LogP contribution in [0.4, 0.5) is 0 Å². The molecule has 3 aromatic heterocycles. The summed E-state index contributed by atoms with van der Waals surface area (Å²) in [6.45, 7) is 9.41. The number of benzene rings is 6. The minimum absolute atomic E-state index is 0.0779. The highest BCUT2D eigenvalue weighted by molar-refractivity contribution is 6.16. The number of aromatic nitrogens is 3. The highest BCUT2D eigenvalue weighted by atomic mass is 15.1. The predicted molar refractivity (Wildman–Crippen MR) is 208 cm³/mol. The van der Waals surface area contributed by atoms with Crippen molar-refractivity contribution < 1.29 is 0 Å². The Morgan fingerprint density at radius 1 is 0.400 bits per heavy atom. The van der Waals surface area contributed by atoms with Gasteiger partial charge in [-0.25, -0.2) is 4.98 Å². The molecule has 0 unspecified atom stereocenters. The molecule has 6 aromatic carbocycles. The molecule has 11 rings (SSSR count). The maximum absolute atomic E-state index is 5.61. The van der Waals surface area contributed by atoms with Crippen LogP contribution in [0, 0.1) is 0 Å². The van der Waals surface area contributed by atoms with Crippen LogP contribution in [0.2, 0.25) is 0 Å². The Morgan fingerprint density at radius 3 is 1.50 bits per heavy atom. The monoisotopic (exact) mass is 641 g/mol. The van der Waals surface area contributed by atoms with E-state index in [1.54, 1.807) is 0 Å². The third-order valence-corrected chi connectivity index (χ3v) is 11.9. The molecule has 0 radical (unpaired) electrons. The van der Waals surface area contributed by atoms with Gasteiger partial charge in [-0.1, -0.05) is 125 Å². The van der Waals surface area contributed by atoms with E-state index < -0.39 is 0 Å². The molecule has 238 valence electrons. The minimum atomic E-state index is -0.0827. The van der Waals surface area contributed by atoms with Gasteiger partial charge < -0.3 is 4.57 Å².